The Bertz CT molecular complexity index is 917. The minimum Gasteiger partial charge on any atom is -0.461 e. The molecule has 3 rings (SSSR count). The highest BCUT2D eigenvalue weighted by Crippen LogP contribution is 2.41. The summed E-state index contributed by atoms with van der Waals surface area (Å²) in [5.41, 5.74) is 8.79. The van der Waals surface area contributed by atoms with Crippen molar-refractivity contribution in [3.63, 3.8) is 0 Å². The lowest BCUT2D eigenvalue weighted by molar-refractivity contribution is 0.292. The van der Waals surface area contributed by atoms with Crippen molar-refractivity contribution in [2.24, 2.45) is 0 Å². The summed E-state index contributed by atoms with van der Waals surface area (Å²) in [6, 6.07) is 4.15. The fourth-order valence-corrected chi connectivity index (χ4v) is 3.40. The van der Waals surface area contributed by atoms with Gasteiger partial charge in [0.2, 0.25) is 0 Å². The molecule has 4 N–H and O–H groups in total. The molecule has 0 aliphatic heterocycles. The normalized spacial score (nSPS) is 10.9. The van der Waals surface area contributed by atoms with Gasteiger partial charge in [0.25, 0.3) is 0 Å². The van der Waals surface area contributed by atoms with E-state index in [0.717, 1.165) is 21.5 Å². The third-order valence-electron chi connectivity index (χ3n) is 3.90. The van der Waals surface area contributed by atoms with E-state index in [1.807, 2.05) is 25.3 Å². The lowest BCUT2D eigenvalue weighted by Crippen LogP contribution is -2.07. The summed E-state index contributed by atoms with van der Waals surface area (Å²) < 4.78 is 5.86. The van der Waals surface area contributed by atoms with Crippen LogP contribution in [-0.2, 0) is 0 Å². The number of hydrogen-bond acceptors (Lipinski definition) is 7. The first-order chi connectivity index (χ1) is 11.6. The molecule has 0 amide bonds. The average Bonchev–Trinajstić information content (AvgIpc) is 3.09. The Balaban J connectivity index is 2.27. The van der Waals surface area contributed by atoms with Crippen LogP contribution < -0.4 is 11.1 Å². The molecular formula is C17H18N4O2S. The molecule has 3 aromatic rings. The molecular weight excluding hydrogens is 324 g/mol. The van der Waals surface area contributed by atoms with Crippen LogP contribution in [0.2, 0.25) is 0 Å². The van der Waals surface area contributed by atoms with Crippen LogP contribution in [0.3, 0.4) is 0 Å². The molecule has 3 aromatic heterocycles. The van der Waals surface area contributed by atoms with E-state index in [0.29, 0.717) is 41.4 Å². The smallest absolute Gasteiger partial charge is 0.146 e. The van der Waals surface area contributed by atoms with E-state index >= 15 is 0 Å². The summed E-state index contributed by atoms with van der Waals surface area (Å²) >= 11 is 1.43. The Kier molecular flexibility index (Phi) is 4.42. The van der Waals surface area contributed by atoms with Crippen LogP contribution in [0.5, 0.6) is 0 Å². The Morgan fingerprint density at radius 2 is 2.25 bits per heavy atom. The zero-order valence-electron chi connectivity index (χ0n) is 13.5. The molecule has 6 nitrogen and oxygen atoms in total. The van der Waals surface area contributed by atoms with Crippen molar-refractivity contribution in [3.05, 3.63) is 28.3 Å². The number of anilines is 2. The number of nitrogens with zero attached hydrogens (tertiary/aromatic N) is 2. The minimum atomic E-state index is 0.0759. The average molecular weight is 342 g/mol. The summed E-state index contributed by atoms with van der Waals surface area (Å²) in [6.07, 6.45) is 0.575. The molecule has 0 aromatic carbocycles. The van der Waals surface area contributed by atoms with Crippen molar-refractivity contribution < 1.29 is 9.52 Å². The molecule has 7 heteroatoms. The van der Waals surface area contributed by atoms with Crippen LogP contribution in [-0.4, -0.2) is 23.2 Å². The lowest BCUT2D eigenvalue weighted by atomic mass is 10.0. The second-order valence-corrected chi connectivity index (χ2v) is 6.41. The lowest BCUT2D eigenvalue weighted by Gasteiger charge is -2.11. The fraction of sp³-hybridized carbons (Fsp3) is 0.294. The Labute approximate surface area is 143 Å². The number of hydrogen-bond donors (Lipinski definition) is 3. The summed E-state index contributed by atoms with van der Waals surface area (Å²) in [4.78, 5) is 5.29. The van der Waals surface area contributed by atoms with Gasteiger partial charge in [-0.1, -0.05) is 0 Å². The summed E-state index contributed by atoms with van der Waals surface area (Å²) in [7, 11) is 0. The van der Waals surface area contributed by atoms with Gasteiger partial charge in [-0.25, -0.2) is 4.98 Å². The van der Waals surface area contributed by atoms with Crippen LogP contribution in [0.1, 0.15) is 23.3 Å². The quantitative estimate of drug-likeness (QED) is 0.613. The molecule has 0 aliphatic carbocycles. The molecule has 3 heterocycles. The van der Waals surface area contributed by atoms with Gasteiger partial charge in [0.15, 0.2) is 0 Å². The van der Waals surface area contributed by atoms with Gasteiger partial charge in [0.05, 0.1) is 11.3 Å². The van der Waals surface area contributed by atoms with E-state index in [1.54, 1.807) is 0 Å². The van der Waals surface area contributed by atoms with E-state index in [4.69, 9.17) is 15.3 Å². The van der Waals surface area contributed by atoms with Crippen molar-refractivity contribution in [1.29, 1.82) is 5.26 Å². The monoisotopic (exact) mass is 342 g/mol. The number of nitrogen functional groups attached to an aromatic ring is 1. The van der Waals surface area contributed by atoms with E-state index in [9.17, 15) is 5.26 Å². The maximum absolute atomic E-state index is 9.72. The van der Waals surface area contributed by atoms with Crippen molar-refractivity contribution in [1.82, 2.24) is 4.98 Å². The predicted molar refractivity (Wildman–Crippen MR) is 96.1 cm³/mol. The standard InChI is InChI=1S/C17H18N4O2S/c1-9-6-13(23-10(9)2)14-11(7-18)16(20-4-3-5-22)21-17-15(14)12(19)8-24-17/h6,8,22H,3-5,19H2,1-2H3,(H,20,21). The van der Waals surface area contributed by atoms with E-state index < -0.39 is 0 Å². The zero-order chi connectivity index (χ0) is 17.3. The third-order valence-corrected chi connectivity index (χ3v) is 4.79. The maximum Gasteiger partial charge on any atom is 0.146 e. The SMILES string of the molecule is Cc1cc(-c2c(C#N)c(NCCCO)nc3scc(N)c23)oc1C. The molecule has 124 valence electrons. The first-order valence-corrected chi connectivity index (χ1v) is 8.47. The van der Waals surface area contributed by atoms with Gasteiger partial charge >= 0.3 is 0 Å². The number of nitrogens with two attached hydrogens (primary N) is 1. The topological polar surface area (TPSA) is 108 Å². The Morgan fingerprint density at radius 3 is 2.88 bits per heavy atom. The highest BCUT2D eigenvalue weighted by atomic mass is 32.1. The van der Waals surface area contributed by atoms with Gasteiger partial charge in [-0.05, 0) is 31.9 Å². The molecule has 0 spiro atoms. The molecule has 0 atom stereocenters. The van der Waals surface area contributed by atoms with Gasteiger partial charge < -0.3 is 20.6 Å². The largest absolute Gasteiger partial charge is 0.461 e. The number of nitrogens with one attached hydrogen (secondary N) is 1. The number of thiophene rings is 1. The third kappa shape index (κ3) is 2.70. The first kappa shape index (κ1) is 16.3. The summed E-state index contributed by atoms with van der Waals surface area (Å²) in [5.74, 6) is 1.91. The second-order valence-electron chi connectivity index (χ2n) is 5.55. The molecule has 0 bridgehead atoms. The number of aryl methyl sites for hydroxylation is 2. The van der Waals surface area contributed by atoms with Crippen LogP contribution >= 0.6 is 11.3 Å². The predicted octanol–water partition coefficient (Wildman–Crippen LogP) is 3.42. The molecule has 0 radical (unpaired) electrons. The molecule has 24 heavy (non-hydrogen) atoms. The Morgan fingerprint density at radius 1 is 1.46 bits per heavy atom. The number of aromatic nitrogens is 1. The molecule has 0 aliphatic rings. The number of furan rings is 1. The number of aliphatic hydroxyl groups excluding tert-OH is 1. The van der Waals surface area contributed by atoms with Gasteiger partial charge in [0, 0.05) is 23.9 Å². The van der Waals surface area contributed by atoms with E-state index in [-0.39, 0.29) is 6.61 Å². The van der Waals surface area contributed by atoms with Gasteiger partial charge in [-0.2, -0.15) is 5.26 Å². The fourth-order valence-electron chi connectivity index (χ4n) is 2.56. The van der Waals surface area contributed by atoms with E-state index in [1.165, 1.54) is 11.3 Å². The van der Waals surface area contributed by atoms with Gasteiger partial charge in [0.1, 0.15) is 33.8 Å². The molecule has 0 saturated heterocycles. The minimum absolute atomic E-state index is 0.0759. The zero-order valence-corrected chi connectivity index (χ0v) is 14.3. The molecule has 0 saturated carbocycles. The van der Waals surface area contributed by atoms with Crippen LogP contribution in [0, 0.1) is 25.2 Å². The summed E-state index contributed by atoms with van der Waals surface area (Å²) in [6.45, 7) is 4.46. The van der Waals surface area contributed by atoms with Crippen molar-refractivity contribution in [3.8, 4) is 17.4 Å². The number of rotatable bonds is 5. The van der Waals surface area contributed by atoms with Crippen molar-refractivity contribution in [2.75, 3.05) is 24.2 Å². The van der Waals surface area contributed by atoms with Crippen molar-refractivity contribution >= 4 is 33.1 Å². The maximum atomic E-state index is 9.72. The number of fused-ring (bicyclic) bond motifs is 1. The summed E-state index contributed by atoms with van der Waals surface area (Å²) in [5, 5.41) is 24.4. The van der Waals surface area contributed by atoms with Crippen molar-refractivity contribution in [2.45, 2.75) is 20.3 Å². The highest BCUT2D eigenvalue weighted by molar-refractivity contribution is 7.17. The highest BCUT2D eigenvalue weighted by Gasteiger charge is 2.22. The Hall–Kier alpha value is -2.56. The van der Waals surface area contributed by atoms with E-state index in [2.05, 4.69) is 16.4 Å². The molecule has 0 unspecified atom stereocenters. The van der Waals surface area contributed by atoms with Crippen LogP contribution in [0.15, 0.2) is 15.9 Å². The number of nitriles is 1. The van der Waals surface area contributed by atoms with Gasteiger partial charge in [-0.15, -0.1) is 11.3 Å². The second kappa shape index (κ2) is 6.51. The first-order valence-electron chi connectivity index (χ1n) is 7.59. The van der Waals surface area contributed by atoms with Crippen LogP contribution in [0.4, 0.5) is 11.5 Å². The van der Waals surface area contributed by atoms with Gasteiger partial charge in [-0.3, -0.25) is 0 Å². The number of aliphatic hydroxyl groups is 1. The van der Waals surface area contributed by atoms with Crippen LogP contribution in [0.25, 0.3) is 21.5 Å². The molecule has 0 fully saturated rings. The number of pyridine rings is 1.